The van der Waals surface area contributed by atoms with Crippen molar-refractivity contribution in [3.8, 4) is 44.9 Å². The predicted molar refractivity (Wildman–Crippen MR) is 361 cm³/mol. The number of hydrogen-bond acceptors (Lipinski definition) is 5. The Morgan fingerprint density at radius 3 is 1.36 bits per heavy atom. The van der Waals surface area contributed by atoms with Crippen LogP contribution in [0.15, 0.2) is 249 Å². The van der Waals surface area contributed by atoms with E-state index in [9.17, 15) is 0 Å². The monoisotopic (exact) mass is 1110 g/mol. The van der Waals surface area contributed by atoms with E-state index in [0.29, 0.717) is 12.1 Å². The lowest BCUT2D eigenvalue weighted by Crippen LogP contribution is -2.64. The highest BCUT2D eigenvalue weighted by atomic mass is 16.5. The third-order valence-corrected chi connectivity index (χ3v) is 20.4. The zero-order chi connectivity index (χ0) is 56.9. The molecule has 0 unspecified atom stereocenters. The van der Waals surface area contributed by atoms with Gasteiger partial charge in [-0.2, -0.15) is 0 Å². The minimum absolute atomic E-state index is 0.0706. The first-order valence-corrected chi connectivity index (χ1v) is 31.3. The Kier molecular flexibility index (Phi) is 11.0. The minimum Gasteiger partial charge on any atom is -0.458 e. The topological polar surface area (TPSA) is 22.2 Å². The Labute approximate surface area is 506 Å². The molecule has 5 nitrogen and oxygen atoms in total. The molecule has 6 heterocycles. The highest BCUT2D eigenvalue weighted by Gasteiger charge is 2.51. The summed E-state index contributed by atoms with van der Waals surface area (Å²) in [7, 11) is 0. The fourth-order valence-electron chi connectivity index (χ4n) is 17.0. The van der Waals surface area contributed by atoms with Crippen molar-refractivity contribution in [1.82, 2.24) is 0 Å². The van der Waals surface area contributed by atoms with E-state index in [1.165, 1.54) is 144 Å². The van der Waals surface area contributed by atoms with Crippen molar-refractivity contribution < 1.29 is 4.74 Å². The molecule has 2 aliphatic carbocycles. The first-order valence-electron chi connectivity index (χ1n) is 31.3. The Morgan fingerprint density at radius 2 is 0.814 bits per heavy atom. The number of benzene rings is 11. The van der Waals surface area contributed by atoms with Gasteiger partial charge in [0.1, 0.15) is 11.5 Å². The lowest BCUT2D eigenvalue weighted by molar-refractivity contribution is 0.0900. The van der Waals surface area contributed by atoms with Crippen LogP contribution in [-0.4, -0.2) is 25.5 Å². The molecule has 0 aromatic heterocycles. The average molecular weight is 1110 g/mol. The van der Waals surface area contributed by atoms with Gasteiger partial charge in [0, 0.05) is 86.5 Å². The maximum Gasteiger partial charge on any atom is 0.256 e. The highest BCUT2D eigenvalue weighted by Crippen LogP contribution is 2.56. The van der Waals surface area contributed by atoms with Gasteiger partial charge in [-0.25, -0.2) is 0 Å². The summed E-state index contributed by atoms with van der Waals surface area (Å²) in [6.45, 7) is 6.85. The van der Waals surface area contributed by atoms with E-state index in [-0.39, 0.29) is 18.8 Å². The van der Waals surface area contributed by atoms with Gasteiger partial charge in [0.15, 0.2) is 0 Å². The third kappa shape index (κ3) is 7.59. The standard InChI is InChI=1S/C79H64B2N4O/c1-79(2,3)56-44-71-76-72(45-56)84(58-31-17-8-18-32-58)70-49-74-67(48-66(70)80(76)64-33-19-21-35-68(64)83(71)57-29-15-7-16-30-57)81-65-34-20-22-36-69(65)85(73-46-61(47-75(86-74)77(73)81)82-59-38-50-37-51(40-59)41-60(82)39-50)78-62(53-25-11-5-12-26-53)42-55(52-23-9-4-10-24-52)43-63(78)54-27-13-6-14-28-54/h4-36,42-51,59-60H,37-41H2,1-3H3. The predicted octanol–water partition coefficient (Wildman–Crippen LogP) is 16.2. The molecule has 11 aromatic rings. The number of anilines is 10. The van der Waals surface area contributed by atoms with E-state index < -0.39 is 0 Å². The van der Waals surface area contributed by atoms with Gasteiger partial charge in [0.05, 0.1) is 5.69 Å². The lowest BCUT2D eigenvalue weighted by atomic mass is 9.30. The molecular weight excluding hydrogens is 1040 g/mol. The number of piperidine rings is 2. The number of para-hydroxylation sites is 4. The van der Waals surface area contributed by atoms with Crippen molar-refractivity contribution in [3.63, 3.8) is 0 Å². The Bertz CT molecular complexity index is 4440. The molecule has 0 N–H and O–H groups in total. The fourth-order valence-corrected chi connectivity index (χ4v) is 17.0. The van der Waals surface area contributed by atoms with Crippen LogP contribution < -0.4 is 57.1 Å². The van der Waals surface area contributed by atoms with Crippen LogP contribution in [0.1, 0.15) is 58.4 Å². The molecule has 0 atom stereocenters. The van der Waals surface area contributed by atoms with Crippen molar-refractivity contribution in [3.05, 3.63) is 254 Å². The molecule has 2 saturated heterocycles. The Morgan fingerprint density at radius 1 is 0.349 bits per heavy atom. The van der Waals surface area contributed by atoms with Crippen LogP contribution in [0.2, 0.25) is 0 Å². The van der Waals surface area contributed by atoms with Crippen molar-refractivity contribution in [2.45, 2.75) is 70.4 Å². The van der Waals surface area contributed by atoms with Crippen LogP contribution in [0.25, 0.3) is 33.4 Å². The van der Waals surface area contributed by atoms with Gasteiger partial charge in [-0.05, 0) is 177 Å². The second-order valence-corrected chi connectivity index (χ2v) is 26.4. The summed E-state index contributed by atoms with van der Waals surface area (Å²) in [5.41, 5.74) is 27.8. The fraction of sp³-hybridized carbons (Fsp3) is 0.165. The molecule has 412 valence electrons. The van der Waals surface area contributed by atoms with Gasteiger partial charge in [-0.3, -0.25) is 0 Å². The average Bonchev–Trinajstić information content (AvgIpc) is 0.792. The molecule has 2 saturated carbocycles. The molecule has 4 fully saturated rings. The molecule has 86 heavy (non-hydrogen) atoms. The molecular formula is C79H64B2N4O. The number of nitrogens with zero attached hydrogens (tertiary/aromatic N) is 4. The second kappa shape index (κ2) is 19.0. The Hall–Kier alpha value is -9.45. The Balaban J connectivity index is 0.920. The summed E-state index contributed by atoms with van der Waals surface area (Å²) >= 11 is 0. The summed E-state index contributed by atoms with van der Waals surface area (Å²) < 4.78 is 7.89. The molecule has 8 aliphatic rings. The van der Waals surface area contributed by atoms with Gasteiger partial charge < -0.3 is 24.3 Å². The molecule has 0 amide bonds. The van der Waals surface area contributed by atoms with Crippen LogP contribution in [0.3, 0.4) is 0 Å². The van der Waals surface area contributed by atoms with Crippen LogP contribution >= 0.6 is 0 Å². The number of fused-ring (bicyclic) bond motifs is 8. The maximum absolute atomic E-state index is 7.89. The van der Waals surface area contributed by atoms with Crippen molar-refractivity contribution in [2.75, 3.05) is 19.6 Å². The van der Waals surface area contributed by atoms with E-state index in [4.69, 9.17) is 4.74 Å². The zero-order valence-corrected chi connectivity index (χ0v) is 48.9. The molecule has 7 heteroatoms. The van der Waals surface area contributed by atoms with Crippen LogP contribution in [0.4, 0.5) is 56.9 Å². The zero-order valence-electron chi connectivity index (χ0n) is 48.9. The van der Waals surface area contributed by atoms with Gasteiger partial charge in [-0.15, -0.1) is 0 Å². The molecule has 4 bridgehead atoms. The molecule has 6 aliphatic heterocycles. The maximum atomic E-state index is 7.89. The van der Waals surface area contributed by atoms with Crippen LogP contribution in [0.5, 0.6) is 11.5 Å². The van der Waals surface area contributed by atoms with Gasteiger partial charge in [-0.1, -0.05) is 191 Å². The molecule has 11 aromatic carbocycles. The second-order valence-electron chi connectivity index (χ2n) is 26.4. The summed E-state index contributed by atoms with van der Waals surface area (Å²) in [5.74, 6) is 3.51. The minimum atomic E-state index is -0.137. The van der Waals surface area contributed by atoms with Gasteiger partial charge in [0.2, 0.25) is 0 Å². The smallest absolute Gasteiger partial charge is 0.256 e. The van der Waals surface area contributed by atoms with Crippen molar-refractivity contribution in [1.29, 1.82) is 0 Å². The number of ether oxygens (including phenoxy) is 1. The first-order chi connectivity index (χ1) is 42.3. The summed E-state index contributed by atoms with van der Waals surface area (Å²) in [5, 5.41) is 0. The van der Waals surface area contributed by atoms with E-state index in [1.54, 1.807) is 0 Å². The largest absolute Gasteiger partial charge is 0.458 e. The number of rotatable bonds is 7. The highest BCUT2D eigenvalue weighted by molar-refractivity contribution is 7.02. The van der Waals surface area contributed by atoms with Crippen molar-refractivity contribution in [2.24, 2.45) is 11.8 Å². The lowest BCUT2D eigenvalue weighted by Gasteiger charge is -2.57. The molecule has 0 spiro atoms. The van der Waals surface area contributed by atoms with Crippen LogP contribution in [-0.2, 0) is 5.41 Å². The van der Waals surface area contributed by atoms with Gasteiger partial charge in [0.25, 0.3) is 13.4 Å². The van der Waals surface area contributed by atoms with E-state index >= 15 is 0 Å². The van der Waals surface area contributed by atoms with E-state index in [0.717, 1.165) is 40.4 Å². The third-order valence-electron chi connectivity index (χ3n) is 20.4. The normalized spacial score (nSPS) is 18.8. The summed E-state index contributed by atoms with van der Waals surface area (Å²) in [4.78, 5) is 10.6. The van der Waals surface area contributed by atoms with E-state index in [2.05, 4.69) is 289 Å². The number of hydrogen-bond donors (Lipinski definition) is 0. The van der Waals surface area contributed by atoms with Crippen molar-refractivity contribution >= 4 is 103 Å². The van der Waals surface area contributed by atoms with Gasteiger partial charge >= 0.3 is 0 Å². The SMILES string of the molecule is CC(C)(C)c1cc2c3c(c1)N(c1ccccc1)c1cc4c(cc1B3c1ccccc1N2c1ccccc1)B1c2ccccc2N(c2c(-c3ccccc3)cc(-c3ccccc3)cc2-c2ccccc2)c2cc(N3C5CC6CC(C5)CC3C6)cc(c21)O4. The summed E-state index contributed by atoms with van der Waals surface area (Å²) in [6.07, 6.45) is 6.47. The quantitative estimate of drug-likeness (QED) is 0.148. The van der Waals surface area contributed by atoms with Crippen LogP contribution in [0, 0.1) is 11.8 Å². The summed E-state index contributed by atoms with van der Waals surface area (Å²) in [6, 6.07) is 94.8. The molecule has 0 radical (unpaired) electrons. The first kappa shape index (κ1) is 49.9. The molecule has 19 rings (SSSR count). The van der Waals surface area contributed by atoms with E-state index in [1.807, 2.05) is 0 Å².